The Bertz CT molecular complexity index is 463. The fourth-order valence-corrected chi connectivity index (χ4v) is 2.70. The molecule has 7 nitrogen and oxygen atoms in total. The van der Waals surface area contributed by atoms with Crippen molar-refractivity contribution in [3.05, 3.63) is 56.7 Å². The van der Waals surface area contributed by atoms with Crippen LogP contribution in [0.2, 0.25) is 0 Å². The second-order valence-corrected chi connectivity index (χ2v) is 5.60. The fourth-order valence-electron chi connectivity index (χ4n) is 1.88. The Kier molecular flexibility index (Phi) is 47.6. The topological polar surface area (TPSA) is 112 Å². The number of hydrogen-bond acceptors (Lipinski definition) is 2. The zero-order valence-corrected chi connectivity index (χ0v) is 17.9. The third-order valence-corrected chi connectivity index (χ3v) is 3.49. The third kappa shape index (κ3) is 22.5. The first-order chi connectivity index (χ1) is 12.6. The Morgan fingerprint density at radius 2 is 1.50 bits per heavy atom. The van der Waals surface area contributed by atoms with E-state index < -0.39 is 0 Å². The number of ether oxygens (including phenoxy) is 1. The molecule has 0 fully saturated rings. The fraction of sp³-hybridized carbons (Fsp3) is 0.444. The van der Waals surface area contributed by atoms with Crippen LogP contribution >= 0.6 is 0 Å². The monoisotopic (exact) mass is 531 g/mol. The van der Waals surface area contributed by atoms with Gasteiger partial charge in [-0.2, -0.15) is 0 Å². The predicted molar refractivity (Wildman–Crippen MR) is 84.6 cm³/mol. The van der Waals surface area contributed by atoms with Crippen LogP contribution in [-0.2, 0) is 47.4 Å². The normalized spacial score (nSPS) is 10.8. The summed E-state index contributed by atoms with van der Waals surface area (Å²) in [6, 6.07) is 0. The van der Waals surface area contributed by atoms with Crippen LogP contribution < -0.4 is 0 Å². The minimum absolute atomic E-state index is 0.759. The van der Waals surface area contributed by atoms with E-state index in [1.54, 1.807) is 0 Å². The van der Waals surface area contributed by atoms with Crippen LogP contribution in [0.4, 0.5) is 0 Å². The number of allylic oxidation sites excluding steroid dienone is 2. The summed E-state index contributed by atoms with van der Waals surface area (Å²) < 4.78 is 44.1. The molecule has 140 valence electrons. The molecule has 0 radical (unpaired) electrons. The van der Waals surface area contributed by atoms with Crippen molar-refractivity contribution in [3.63, 3.8) is 0 Å². The van der Waals surface area contributed by atoms with E-state index >= 15 is 0 Å². The second kappa shape index (κ2) is 34.8. The molecule has 0 unspecified atom stereocenters. The van der Waals surface area contributed by atoms with Gasteiger partial charge < -0.3 is 0 Å². The zero-order chi connectivity index (χ0) is 22.0. The van der Waals surface area contributed by atoms with Crippen molar-refractivity contribution in [2.75, 3.05) is 20.7 Å². The molecule has 0 saturated heterocycles. The van der Waals surface area contributed by atoms with Gasteiger partial charge in [0.1, 0.15) is 0 Å². The van der Waals surface area contributed by atoms with Gasteiger partial charge in [0, 0.05) is 0 Å². The molecule has 8 heteroatoms. The molecule has 26 heavy (non-hydrogen) atoms. The molecular weight excluding hydrogens is 510 g/mol. The summed E-state index contributed by atoms with van der Waals surface area (Å²) in [6.45, 7) is 25.3. The maximum absolute atomic E-state index is 7.50. The van der Waals surface area contributed by atoms with E-state index in [1.807, 2.05) is 6.92 Å². The molecule has 0 aromatic heterocycles. The molecule has 0 aromatic rings. The van der Waals surface area contributed by atoms with Crippen LogP contribution in [0.1, 0.15) is 32.6 Å². The van der Waals surface area contributed by atoms with E-state index in [9.17, 15) is 0 Å². The summed E-state index contributed by atoms with van der Waals surface area (Å²) in [6.07, 6.45) is 9.65. The van der Waals surface area contributed by atoms with Crippen molar-refractivity contribution in [2.24, 2.45) is 0 Å². The number of nitrogens with zero attached hydrogens (tertiary/aromatic N) is 1. The van der Waals surface area contributed by atoms with Gasteiger partial charge in [0.2, 0.25) is 0 Å². The van der Waals surface area contributed by atoms with Gasteiger partial charge in [-0.05, 0) is 0 Å². The molecule has 0 amide bonds. The van der Waals surface area contributed by atoms with Crippen molar-refractivity contribution in [2.45, 2.75) is 32.6 Å². The zero-order valence-electron chi connectivity index (χ0n) is 15.0. The van der Waals surface area contributed by atoms with Gasteiger partial charge in [-0.15, -0.1) is 0 Å². The van der Waals surface area contributed by atoms with Crippen LogP contribution in [0.5, 0.6) is 0 Å². The predicted octanol–water partition coefficient (Wildman–Crippen LogP) is 2.46. The third-order valence-electron chi connectivity index (χ3n) is 2.64. The first kappa shape index (κ1) is 35.6. The second-order valence-electron chi connectivity index (χ2n) is 4.15. The average molecular weight is 531 g/mol. The molecule has 0 spiro atoms. The van der Waals surface area contributed by atoms with Crippen LogP contribution in [0, 0.1) is 33.3 Å². The van der Waals surface area contributed by atoms with Gasteiger partial charge in [0.05, 0.1) is 0 Å². The van der Waals surface area contributed by atoms with Gasteiger partial charge in [-0.25, -0.2) is 0 Å². The molecule has 0 atom stereocenters. The Labute approximate surface area is 166 Å². The van der Waals surface area contributed by atoms with Gasteiger partial charge in [-0.3, -0.25) is 0 Å². The molecule has 0 bridgehead atoms. The van der Waals surface area contributed by atoms with E-state index in [1.165, 1.54) is 56.3 Å². The summed E-state index contributed by atoms with van der Waals surface area (Å²) in [5, 5.41) is 0. The van der Waals surface area contributed by atoms with Gasteiger partial charge in [0.15, 0.2) is 0 Å². The van der Waals surface area contributed by atoms with Gasteiger partial charge in [0.25, 0.3) is 0 Å². The molecule has 1 aliphatic carbocycles. The van der Waals surface area contributed by atoms with Crippen molar-refractivity contribution in [1.82, 2.24) is 4.90 Å². The van der Waals surface area contributed by atoms with Crippen LogP contribution in [0.3, 0.4) is 0 Å². The summed E-state index contributed by atoms with van der Waals surface area (Å²) in [5.74, 6) is 0. The Morgan fingerprint density at radius 1 is 1.04 bits per heavy atom. The van der Waals surface area contributed by atoms with E-state index in [0.717, 1.165) is 10.7 Å². The molecule has 1 aliphatic rings. The SMILES string of the molecule is CCO[C](=[W])/C=C(\C1=CCCCC1)N(C)C.[C-]#[O+].[C-]#[O+].[C-]#[O+].[C-]#[O+].[C-]#[O+]. The first-order valence-electron chi connectivity index (χ1n) is 6.92. The molecule has 0 aliphatic heterocycles. The Morgan fingerprint density at radius 3 is 1.81 bits per heavy atom. The van der Waals surface area contributed by atoms with Crippen molar-refractivity contribution >= 4 is 4.08 Å². The maximum atomic E-state index is 7.50. The minimum atomic E-state index is 0.759. The van der Waals surface area contributed by atoms with Crippen LogP contribution in [-0.4, -0.2) is 29.7 Å². The first-order valence-corrected chi connectivity index (χ1v) is 8.39. The van der Waals surface area contributed by atoms with E-state index in [4.69, 9.17) is 28.0 Å². The average Bonchev–Trinajstić information content (AvgIpc) is 2.74. The summed E-state index contributed by atoms with van der Waals surface area (Å²) in [4.78, 5) is 2.19. The molecular formula is C18H21NO6W. The van der Waals surface area contributed by atoms with Crippen molar-refractivity contribution in [1.29, 1.82) is 0 Å². The van der Waals surface area contributed by atoms with Gasteiger partial charge >= 0.3 is 166 Å². The van der Waals surface area contributed by atoms with Gasteiger partial charge in [-0.1, -0.05) is 0 Å². The van der Waals surface area contributed by atoms with Crippen molar-refractivity contribution in [3.8, 4) is 0 Å². The Balaban J connectivity index is -0.000000127. The number of rotatable bonds is 5. The molecule has 0 heterocycles. The quantitative estimate of drug-likeness (QED) is 0.401. The number of hydrogen-bond donors (Lipinski definition) is 0. The van der Waals surface area contributed by atoms with E-state index in [2.05, 4.69) is 64.4 Å². The summed E-state index contributed by atoms with van der Waals surface area (Å²) >= 11 is 1.40. The molecule has 0 aromatic carbocycles. The van der Waals surface area contributed by atoms with Crippen molar-refractivity contribution < 1.29 is 47.4 Å². The summed E-state index contributed by atoms with van der Waals surface area (Å²) in [5.41, 5.74) is 2.80. The summed E-state index contributed by atoms with van der Waals surface area (Å²) in [7, 11) is 4.21. The van der Waals surface area contributed by atoms with Crippen LogP contribution in [0.25, 0.3) is 0 Å². The molecule has 0 N–H and O–H groups in total. The Hall–Kier alpha value is -1.50. The molecule has 0 saturated carbocycles. The molecule has 1 rings (SSSR count). The van der Waals surface area contributed by atoms with E-state index in [0.29, 0.717) is 0 Å². The number of likely N-dealkylation sites (N-methyl/N-ethyl adjacent to an activating group) is 1. The standard InChI is InChI=1S/C13H21NO.5CO.W/c1-4-15-11-10-13(14(2)3)12-8-6-5-7-9-12;5*1-2;/h8,10H,4-7,9H2,1-3H3;;;;;;/b13-10+;;;;;;. The van der Waals surface area contributed by atoms with Crippen LogP contribution in [0.15, 0.2) is 23.4 Å². The van der Waals surface area contributed by atoms with E-state index in [-0.39, 0.29) is 0 Å².